The van der Waals surface area contributed by atoms with Crippen molar-refractivity contribution in [1.82, 2.24) is 10.6 Å². The predicted octanol–water partition coefficient (Wildman–Crippen LogP) is 2.71. The van der Waals surface area contributed by atoms with Gasteiger partial charge >= 0.3 is 6.18 Å². The zero-order valence-corrected chi connectivity index (χ0v) is 13.1. The number of thioether (sulfide) groups is 1. The number of carbonyl (C=O) groups is 1. The summed E-state index contributed by atoms with van der Waals surface area (Å²) < 4.78 is 39.8. The molecule has 2 rings (SSSR count). The highest BCUT2D eigenvalue weighted by Gasteiger charge is 2.61. The van der Waals surface area contributed by atoms with Crippen LogP contribution in [-0.2, 0) is 4.79 Å². The molecule has 0 radical (unpaired) electrons. The molecule has 0 aromatic heterocycles. The van der Waals surface area contributed by atoms with Gasteiger partial charge in [-0.1, -0.05) is 19.3 Å². The Morgan fingerprint density at radius 3 is 2.38 bits per heavy atom. The fourth-order valence-electron chi connectivity index (χ4n) is 3.32. The van der Waals surface area contributed by atoms with Gasteiger partial charge in [-0.3, -0.25) is 4.79 Å². The van der Waals surface area contributed by atoms with Gasteiger partial charge in [0.25, 0.3) is 0 Å². The molecule has 122 valence electrons. The average molecular weight is 324 g/mol. The van der Waals surface area contributed by atoms with Crippen LogP contribution in [0.25, 0.3) is 0 Å². The maximum atomic E-state index is 13.3. The van der Waals surface area contributed by atoms with Crippen LogP contribution in [0.5, 0.6) is 0 Å². The lowest BCUT2D eigenvalue weighted by Gasteiger charge is -2.37. The van der Waals surface area contributed by atoms with Gasteiger partial charge in [0.1, 0.15) is 0 Å². The van der Waals surface area contributed by atoms with Gasteiger partial charge in [-0.2, -0.15) is 24.9 Å². The van der Waals surface area contributed by atoms with Crippen molar-refractivity contribution in [2.75, 3.05) is 25.9 Å². The molecule has 0 spiro atoms. The van der Waals surface area contributed by atoms with Crippen LogP contribution >= 0.6 is 11.8 Å². The molecule has 2 aliphatic rings. The summed E-state index contributed by atoms with van der Waals surface area (Å²) in [5, 5.41) is 5.29. The summed E-state index contributed by atoms with van der Waals surface area (Å²) >= 11 is 1.67. The number of hydrogen-bond acceptors (Lipinski definition) is 3. The maximum absolute atomic E-state index is 13.3. The normalized spacial score (nSPS) is 29.3. The van der Waals surface area contributed by atoms with Crippen LogP contribution in [-0.4, -0.2) is 42.7 Å². The summed E-state index contributed by atoms with van der Waals surface area (Å²) in [6.45, 7) is 0.264. The molecule has 1 atom stereocenters. The van der Waals surface area contributed by atoms with Crippen LogP contribution in [0.3, 0.4) is 0 Å². The molecule has 0 aromatic rings. The first-order valence-corrected chi connectivity index (χ1v) is 8.69. The third kappa shape index (κ3) is 3.33. The van der Waals surface area contributed by atoms with Crippen molar-refractivity contribution < 1.29 is 18.0 Å². The summed E-state index contributed by atoms with van der Waals surface area (Å²) in [7, 11) is 0. The summed E-state index contributed by atoms with van der Waals surface area (Å²) in [6, 6.07) is 0. The summed E-state index contributed by atoms with van der Waals surface area (Å²) in [6.07, 6.45) is 2.58. The van der Waals surface area contributed by atoms with E-state index in [4.69, 9.17) is 0 Å². The van der Waals surface area contributed by atoms with Crippen LogP contribution in [0.1, 0.15) is 38.5 Å². The Morgan fingerprint density at radius 1 is 1.24 bits per heavy atom. The Bertz CT molecular complexity index is 375. The Hall–Kier alpha value is -0.430. The molecule has 1 heterocycles. The van der Waals surface area contributed by atoms with Gasteiger partial charge in [-0.05, 0) is 32.1 Å². The highest BCUT2D eigenvalue weighted by Crippen LogP contribution is 2.44. The van der Waals surface area contributed by atoms with E-state index in [9.17, 15) is 18.0 Å². The third-order valence-corrected chi connectivity index (χ3v) is 6.32. The molecular formula is C14H23F3N2OS. The monoisotopic (exact) mass is 324 g/mol. The SMILES string of the molecule is CSC1(CNC(=O)C2(C(F)(F)F)CCNC2)CCCCC1. The zero-order chi connectivity index (χ0) is 15.6. The second kappa shape index (κ2) is 6.36. The Labute approximate surface area is 127 Å². The predicted molar refractivity (Wildman–Crippen MR) is 78.3 cm³/mol. The second-order valence-electron chi connectivity index (χ2n) is 6.14. The van der Waals surface area contributed by atoms with Crippen molar-refractivity contribution in [3.8, 4) is 0 Å². The first-order valence-electron chi connectivity index (χ1n) is 7.46. The van der Waals surface area contributed by atoms with Crippen molar-refractivity contribution in [3.63, 3.8) is 0 Å². The van der Waals surface area contributed by atoms with Crippen molar-refractivity contribution >= 4 is 17.7 Å². The highest BCUT2D eigenvalue weighted by atomic mass is 32.2. The van der Waals surface area contributed by atoms with Gasteiger partial charge in [-0.15, -0.1) is 0 Å². The van der Waals surface area contributed by atoms with E-state index in [1.54, 1.807) is 11.8 Å². The average Bonchev–Trinajstić information content (AvgIpc) is 2.96. The number of alkyl halides is 3. The van der Waals surface area contributed by atoms with Crippen LogP contribution < -0.4 is 10.6 Å². The number of rotatable bonds is 4. The maximum Gasteiger partial charge on any atom is 0.404 e. The fourth-order valence-corrected chi connectivity index (χ4v) is 4.23. The Morgan fingerprint density at radius 2 is 1.90 bits per heavy atom. The topological polar surface area (TPSA) is 41.1 Å². The van der Waals surface area contributed by atoms with Crippen LogP contribution in [0.4, 0.5) is 13.2 Å². The summed E-state index contributed by atoms with van der Waals surface area (Å²) in [5.41, 5.74) is -2.25. The molecule has 0 bridgehead atoms. The van der Waals surface area contributed by atoms with Crippen molar-refractivity contribution in [1.29, 1.82) is 0 Å². The molecule has 1 aliphatic heterocycles. The number of hydrogen-bond donors (Lipinski definition) is 2. The molecule has 2 N–H and O–H groups in total. The highest BCUT2D eigenvalue weighted by molar-refractivity contribution is 8.00. The van der Waals surface area contributed by atoms with E-state index in [2.05, 4.69) is 10.6 Å². The van der Waals surface area contributed by atoms with E-state index < -0.39 is 17.5 Å². The molecule has 1 aliphatic carbocycles. The van der Waals surface area contributed by atoms with E-state index >= 15 is 0 Å². The Balaban J connectivity index is 2.02. The largest absolute Gasteiger partial charge is 0.404 e. The van der Waals surface area contributed by atoms with E-state index in [1.165, 1.54) is 6.42 Å². The molecule has 1 saturated carbocycles. The molecule has 21 heavy (non-hydrogen) atoms. The fraction of sp³-hybridized carbons (Fsp3) is 0.929. The first-order chi connectivity index (χ1) is 9.85. The van der Waals surface area contributed by atoms with Gasteiger partial charge < -0.3 is 10.6 Å². The lowest BCUT2D eigenvalue weighted by atomic mass is 9.84. The number of amides is 1. The summed E-state index contributed by atoms with van der Waals surface area (Å²) in [4.78, 5) is 12.2. The molecule has 1 amide bonds. The number of nitrogens with one attached hydrogen (secondary N) is 2. The third-order valence-electron chi connectivity index (χ3n) is 4.90. The van der Waals surface area contributed by atoms with E-state index in [0.717, 1.165) is 25.7 Å². The Kier molecular flexibility index (Phi) is 5.13. The lowest BCUT2D eigenvalue weighted by molar-refractivity contribution is -0.216. The molecule has 7 heteroatoms. The van der Waals surface area contributed by atoms with Crippen LogP contribution in [0.15, 0.2) is 0 Å². The van der Waals surface area contributed by atoms with Crippen molar-refractivity contribution in [3.05, 3.63) is 0 Å². The minimum absolute atomic E-state index is 0.0905. The molecule has 1 unspecified atom stereocenters. The van der Waals surface area contributed by atoms with E-state index in [1.807, 2.05) is 6.26 Å². The molecule has 0 aromatic carbocycles. The molecule has 1 saturated heterocycles. The first kappa shape index (κ1) is 16.9. The quantitative estimate of drug-likeness (QED) is 0.835. The minimum atomic E-state index is -4.50. The van der Waals surface area contributed by atoms with E-state index in [-0.39, 0.29) is 24.3 Å². The van der Waals surface area contributed by atoms with Gasteiger partial charge in [0.05, 0.1) is 0 Å². The number of halogens is 3. The molecular weight excluding hydrogens is 301 g/mol. The smallest absolute Gasteiger partial charge is 0.354 e. The van der Waals surface area contributed by atoms with Crippen molar-refractivity contribution in [2.24, 2.45) is 5.41 Å². The summed E-state index contributed by atoms with van der Waals surface area (Å²) in [5.74, 6) is -0.862. The minimum Gasteiger partial charge on any atom is -0.354 e. The second-order valence-corrected chi connectivity index (χ2v) is 7.41. The van der Waals surface area contributed by atoms with Gasteiger partial charge in [0.2, 0.25) is 5.91 Å². The number of carbonyl (C=O) groups excluding carboxylic acids is 1. The molecule has 2 fully saturated rings. The van der Waals surface area contributed by atoms with Crippen LogP contribution in [0, 0.1) is 5.41 Å². The van der Waals surface area contributed by atoms with E-state index in [0.29, 0.717) is 6.54 Å². The zero-order valence-electron chi connectivity index (χ0n) is 12.3. The molecule has 3 nitrogen and oxygen atoms in total. The standard InChI is InChI=1S/C14H23F3N2OS/c1-21-12(5-3-2-4-6-12)9-19-11(20)13(14(15,16)17)7-8-18-10-13/h18H,2-10H2,1H3,(H,19,20). The lowest BCUT2D eigenvalue weighted by Crippen LogP contribution is -2.54. The van der Waals surface area contributed by atoms with Gasteiger partial charge in [-0.25, -0.2) is 0 Å². The van der Waals surface area contributed by atoms with Crippen molar-refractivity contribution in [2.45, 2.75) is 49.4 Å². The van der Waals surface area contributed by atoms with Crippen LogP contribution in [0.2, 0.25) is 0 Å². The van der Waals surface area contributed by atoms with Gasteiger partial charge in [0, 0.05) is 17.8 Å². The van der Waals surface area contributed by atoms with Gasteiger partial charge in [0.15, 0.2) is 5.41 Å².